The molecule has 17 heavy (non-hydrogen) atoms. The van der Waals surface area contributed by atoms with E-state index in [0.29, 0.717) is 0 Å². The van der Waals surface area contributed by atoms with E-state index in [1.54, 1.807) is 11.3 Å². The molecule has 0 amide bonds. The lowest BCUT2D eigenvalue weighted by molar-refractivity contribution is 1.01. The minimum absolute atomic E-state index is 0.766. The van der Waals surface area contributed by atoms with E-state index in [2.05, 4.69) is 50.3 Å². The molecule has 5 heteroatoms. The van der Waals surface area contributed by atoms with Crippen LogP contribution < -0.4 is 0 Å². The Morgan fingerprint density at radius 3 is 2.76 bits per heavy atom. The lowest BCUT2D eigenvalue weighted by atomic mass is 10.3. The number of aryl methyl sites for hydroxylation is 2. The molecule has 0 aliphatic carbocycles. The number of hydrogen-bond donors (Lipinski definition) is 0. The molecule has 0 aromatic carbocycles. The smallest absolute Gasteiger partial charge is 0.234 e. The molecule has 86 valence electrons. The van der Waals surface area contributed by atoms with Crippen LogP contribution in [0.4, 0.5) is 0 Å². The molecule has 0 unspecified atom stereocenters. The van der Waals surface area contributed by atoms with Gasteiger partial charge in [-0.3, -0.25) is 4.40 Å². The number of imidazole rings is 1. The van der Waals surface area contributed by atoms with Gasteiger partial charge in [0.15, 0.2) is 0 Å². The molecule has 3 aromatic heterocycles. The van der Waals surface area contributed by atoms with Gasteiger partial charge in [0.05, 0.1) is 4.88 Å². The Hall–Kier alpha value is -1.20. The summed E-state index contributed by atoms with van der Waals surface area (Å²) in [5.74, 6) is 0.766. The molecule has 3 rings (SSSR count). The van der Waals surface area contributed by atoms with Gasteiger partial charge in [-0.15, -0.1) is 11.3 Å². The van der Waals surface area contributed by atoms with Crippen molar-refractivity contribution in [1.82, 2.24) is 14.4 Å². The zero-order chi connectivity index (χ0) is 12.0. The number of fused-ring (bicyclic) bond motifs is 1. The molecular weight excluding hydrogens is 298 g/mol. The van der Waals surface area contributed by atoms with Crippen LogP contribution in [0.25, 0.3) is 16.3 Å². The number of aromatic nitrogens is 3. The number of halogens is 1. The fourth-order valence-electron chi connectivity index (χ4n) is 1.84. The first kappa shape index (κ1) is 10.9. The highest BCUT2D eigenvalue weighted by Crippen LogP contribution is 2.29. The van der Waals surface area contributed by atoms with Crippen molar-refractivity contribution in [2.75, 3.05) is 0 Å². The van der Waals surface area contributed by atoms with E-state index < -0.39 is 0 Å². The van der Waals surface area contributed by atoms with Gasteiger partial charge in [0.1, 0.15) is 5.69 Å². The molecular formula is C12H10BrN3S. The van der Waals surface area contributed by atoms with Crippen LogP contribution in [0, 0.1) is 13.8 Å². The van der Waals surface area contributed by atoms with E-state index >= 15 is 0 Å². The van der Waals surface area contributed by atoms with E-state index in [4.69, 9.17) is 0 Å². The summed E-state index contributed by atoms with van der Waals surface area (Å²) in [5.41, 5.74) is 3.13. The van der Waals surface area contributed by atoms with Gasteiger partial charge in [0.25, 0.3) is 0 Å². The Balaban J connectivity index is 2.23. The minimum Gasteiger partial charge on any atom is -0.288 e. The van der Waals surface area contributed by atoms with Crippen LogP contribution in [0.5, 0.6) is 0 Å². The average molecular weight is 308 g/mol. The molecule has 0 atom stereocenters. The lowest BCUT2D eigenvalue weighted by Crippen LogP contribution is -1.94. The van der Waals surface area contributed by atoms with Crippen molar-refractivity contribution in [3.05, 3.63) is 39.6 Å². The van der Waals surface area contributed by atoms with Gasteiger partial charge in [0.2, 0.25) is 5.78 Å². The number of hydrogen-bond acceptors (Lipinski definition) is 3. The second kappa shape index (κ2) is 3.92. The summed E-state index contributed by atoms with van der Waals surface area (Å²) in [6, 6.07) is 4.14. The molecule has 0 saturated heterocycles. The molecule has 3 nitrogen and oxygen atoms in total. The van der Waals surface area contributed by atoms with Gasteiger partial charge in [-0.05, 0) is 41.9 Å². The van der Waals surface area contributed by atoms with Crippen LogP contribution in [-0.4, -0.2) is 14.4 Å². The van der Waals surface area contributed by atoms with Crippen molar-refractivity contribution in [3.8, 4) is 10.6 Å². The van der Waals surface area contributed by atoms with Crippen LogP contribution in [-0.2, 0) is 0 Å². The Labute approximate surface area is 111 Å². The SMILES string of the molecule is Cc1cc(C)n2cc(-c3cc(Br)cs3)nc2n1. The summed E-state index contributed by atoms with van der Waals surface area (Å²) in [5, 5.41) is 2.06. The number of thiophene rings is 1. The standard InChI is InChI=1S/C12H10BrN3S/c1-7-3-8(2)16-5-10(15-12(16)14-7)11-4-9(13)6-17-11/h3-6H,1-2H3. The van der Waals surface area contributed by atoms with Gasteiger partial charge in [-0.2, -0.15) is 0 Å². The fraction of sp³-hybridized carbons (Fsp3) is 0.167. The van der Waals surface area contributed by atoms with Gasteiger partial charge in [-0.1, -0.05) is 0 Å². The van der Waals surface area contributed by atoms with Crippen LogP contribution in [0.1, 0.15) is 11.4 Å². The van der Waals surface area contributed by atoms with Crippen LogP contribution >= 0.6 is 27.3 Å². The van der Waals surface area contributed by atoms with E-state index in [1.807, 2.05) is 17.5 Å². The van der Waals surface area contributed by atoms with E-state index in [0.717, 1.165) is 32.2 Å². The van der Waals surface area contributed by atoms with Gasteiger partial charge >= 0.3 is 0 Å². The third kappa shape index (κ3) is 1.89. The van der Waals surface area contributed by atoms with Crippen molar-refractivity contribution in [1.29, 1.82) is 0 Å². The Kier molecular flexibility index (Phi) is 2.52. The molecule has 0 bridgehead atoms. The molecule has 0 N–H and O–H groups in total. The van der Waals surface area contributed by atoms with Crippen molar-refractivity contribution in [2.45, 2.75) is 13.8 Å². The third-order valence-electron chi connectivity index (χ3n) is 2.58. The van der Waals surface area contributed by atoms with Gasteiger partial charge in [0, 0.05) is 27.4 Å². The topological polar surface area (TPSA) is 30.2 Å². The van der Waals surface area contributed by atoms with Crippen molar-refractivity contribution in [2.24, 2.45) is 0 Å². The first-order valence-electron chi connectivity index (χ1n) is 5.21. The summed E-state index contributed by atoms with van der Waals surface area (Å²) in [4.78, 5) is 10.1. The van der Waals surface area contributed by atoms with Crippen LogP contribution in [0.15, 0.2) is 28.2 Å². The quantitative estimate of drug-likeness (QED) is 0.684. The molecule has 0 saturated carbocycles. The monoisotopic (exact) mass is 307 g/mol. The lowest BCUT2D eigenvalue weighted by Gasteiger charge is -1.98. The largest absolute Gasteiger partial charge is 0.288 e. The maximum atomic E-state index is 4.56. The highest BCUT2D eigenvalue weighted by Gasteiger charge is 2.09. The third-order valence-corrected chi connectivity index (χ3v) is 4.29. The molecule has 0 spiro atoms. The van der Waals surface area contributed by atoms with Gasteiger partial charge in [-0.25, -0.2) is 9.97 Å². The summed E-state index contributed by atoms with van der Waals surface area (Å²) >= 11 is 5.14. The summed E-state index contributed by atoms with van der Waals surface area (Å²) < 4.78 is 3.12. The summed E-state index contributed by atoms with van der Waals surface area (Å²) in [6.07, 6.45) is 2.04. The maximum Gasteiger partial charge on any atom is 0.234 e. The fourth-order valence-corrected chi connectivity index (χ4v) is 3.22. The second-order valence-corrected chi connectivity index (χ2v) is 5.79. The molecule has 0 aliphatic rings. The molecule has 0 radical (unpaired) electrons. The second-order valence-electron chi connectivity index (χ2n) is 3.96. The Bertz CT molecular complexity index is 699. The summed E-state index contributed by atoms with van der Waals surface area (Å²) in [6.45, 7) is 4.06. The zero-order valence-electron chi connectivity index (χ0n) is 9.44. The normalized spacial score (nSPS) is 11.2. The first-order chi connectivity index (χ1) is 8.13. The van der Waals surface area contributed by atoms with E-state index in [-0.39, 0.29) is 0 Å². The minimum atomic E-state index is 0.766. The van der Waals surface area contributed by atoms with E-state index in [9.17, 15) is 0 Å². The molecule has 0 aliphatic heterocycles. The first-order valence-corrected chi connectivity index (χ1v) is 6.88. The highest BCUT2D eigenvalue weighted by molar-refractivity contribution is 9.10. The van der Waals surface area contributed by atoms with Crippen molar-refractivity contribution in [3.63, 3.8) is 0 Å². The Morgan fingerprint density at radius 2 is 2.06 bits per heavy atom. The predicted octanol–water partition coefficient (Wildman–Crippen LogP) is 3.84. The number of nitrogens with zero attached hydrogens (tertiary/aromatic N) is 3. The number of rotatable bonds is 1. The van der Waals surface area contributed by atoms with Gasteiger partial charge < -0.3 is 0 Å². The average Bonchev–Trinajstić information content (AvgIpc) is 2.83. The molecule has 0 fully saturated rings. The molecule has 3 heterocycles. The Morgan fingerprint density at radius 1 is 1.24 bits per heavy atom. The summed E-state index contributed by atoms with van der Waals surface area (Å²) in [7, 11) is 0. The van der Waals surface area contributed by atoms with E-state index in [1.165, 1.54) is 0 Å². The van der Waals surface area contributed by atoms with Crippen molar-refractivity contribution < 1.29 is 0 Å². The molecule has 3 aromatic rings. The van der Waals surface area contributed by atoms with Crippen molar-refractivity contribution >= 4 is 33.0 Å². The van der Waals surface area contributed by atoms with Crippen LogP contribution in [0.2, 0.25) is 0 Å². The predicted molar refractivity (Wildman–Crippen MR) is 73.5 cm³/mol. The maximum absolute atomic E-state index is 4.56. The highest BCUT2D eigenvalue weighted by atomic mass is 79.9. The van der Waals surface area contributed by atoms with Crippen LogP contribution in [0.3, 0.4) is 0 Å². The zero-order valence-corrected chi connectivity index (χ0v) is 11.8.